The van der Waals surface area contributed by atoms with E-state index in [-0.39, 0.29) is 18.2 Å². The van der Waals surface area contributed by atoms with E-state index in [4.69, 9.17) is 5.73 Å². The van der Waals surface area contributed by atoms with Gasteiger partial charge in [-0.2, -0.15) is 0 Å². The van der Waals surface area contributed by atoms with Gasteiger partial charge in [-0.1, -0.05) is 19.1 Å². The molecule has 0 fully saturated rings. The van der Waals surface area contributed by atoms with Gasteiger partial charge in [0, 0.05) is 23.5 Å². The Kier molecular flexibility index (Phi) is 5.74. The van der Waals surface area contributed by atoms with Crippen molar-refractivity contribution in [3.63, 3.8) is 0 Å². The number of anilines is 2. The lowest BCUT2D eigenvalue weighted by Gasteiger charge is -2.07. The maximum absolute atomic E-state index is 12.0. The van der Waals surface area contributed by atoms with Crippen LogP contribution in [-0.2, 0) is 11.2 Å². The molecule has 2 amide bonds. The van der Waals surface area contributed by atoms with Crippen LogP contribution in [0.25, 0.3) is 0 Å². The molecule has 120 valence electrons. The molecule has 0 aliphatic carbocycles. The maximum Gasteiger partial charge on any atom is 0.251 e. The van der Waals surface area contributed by atoms with Gasteiger partial charge in [-0.25, -0.2) is 0 Å². The highest BCUT2D eigenvalue weighted by atomic mass is 16.2. The summed E-state index contributed by atoms with van der Waals surface area (Å²) in [6.07, 6.45) is 1.17. The van der Waals surface area contributed by atoms with E-state index in [1.807, 2.05) is 19.1 Å². The van der Waals surface area contributed by atoms with Crippen molar-refractivity contribution in [2.24, 2.45) is 0 Å². The van der Waals surface area contributed by atoms with E-state index in [0.29, 0.717) is 23.5 Å². The third-order valence-electron chi connectivity index (χ3n) is 3.31. The van der Waals surface area contributed by atoms with Crippen molar-refractivity contribution in [3.8, 4) is 0 Å². The van der Waals surface area contributed by atoms with E-state index in [9.17, 15) is 9.59 Å². The van der Waals surface area contributed by atoms with Crippen LogP contribution in [0.15, 0.2) is 48.5 Å². The average molecular weight is 311 g/mol. The average Bonchev–Trinajstić information content (AvgIpc) is 2.55. The molecule has 0 radical (unpaired) electrons. The third-order valence-corrected chi connectivity index (χ3v) is 3.31. The lowest BCUT2D eigenvalue weighted by molar-refractivity contribution is -0.115. The number of nitrogens with two attached hydrogens (primary N) is 1. The lowest BCUT2D eigenvalue weighted by Crippen LogP contribution is -2.23. The van der Waals surface area contributed by atoms with Crippen molar-refractivity contribution in [1.82, 2.24) is 5.32 Å². The molecule has 0 saturated carbocycles. The minimum absolute atomic E-state index is 0.105. The van der Waals surface area contributed by atoms with E-state index in [0.717, 1.165) is 12.0 Å². The van der Waals surface area contributed by atoms with Gasteiger partial charge >= 0.3 is 0 Å². The number of hydrogen-bond acceptors (Lipinski definition) is 3. The standard InChI is InChI=1S/C18H21N3O2/c1-2-11-20-18(23)14-5-9-16(10-6-14)21-17(22)12-13-3-7-15(19)8-4-13/h3-10H,2,11-12,19H2,1H3,(H,20,23)(H,21,22). The van der Waals surface area contributed by atoms with Gasteiger partial charge in [0.05, 0.1) is 6.42 Å². The quantitative estimate of drug-likeness (QED) is 0.717. The summed E-state index contributed by atoms with van der Waals surface area (Å²) in [6.45, 7) is 2.65. The van der Waals surface area contributed by atoms with Crippen LogP contribution in [0, 0.1) is 0 Å². The summed E-state index contributed by atoms with van der Waals surface area (Å²) in [7, 11) is 0. The molecule has 0 aliphatic heterocycles. The molecular formula is C18H21N3O2. The van der Waals surface area contributed by atoms with Crippen molar-refractivity contribution < 1.29 is 9.59 Å². The van der Waals surface area contributed by atoms with Crippen LogP contribution >= 0.6 is 0 Å². The smallest absolute Gasteiger partial charge is 0.251 e. The second-order valence-corrected chi connectivity index (χ2v) is 5.30. The molecule has 0 bridgehead atoms. The summed E-state index contributed by atoms with van der Waals surface area (Å²) in [4.78, 5) is 23.8. The van der Waals surface area contributed by atoms with Crippen molar-refractivity contribution in [3.05, 3.63) is 59.7 Å². The van der Waals surface area contributed by atoms with Gasteiger partial charge in [-0.3, -0.25) is 9.59 Å². The number of rotatable bonds is 6. The highest BCUT2D eigenvalue weighted by Gasteiger charge is 2.07. The van der Waals surface area contributed by atoms with Crippen LogP contribution in [0.1, 0.15) is 29.3 Å². The Labute approximate surface area is 135 Å². The van der Waals surface area contributed by atoms with Crippen LogP contribution in [0.3, 0.4) is 0 Å². The summed E-state index contributed by atoms with van der Waals surface area (Å²) in [5, 5.41) is 5.62. The van der Waals surface area contributed by atoms with E-state index < -0.39 is 0 Å². The largest absolute Gasteiger partial charge is 0.399 e. The van der Waals surface area contributed by atoms with Gasteiger partial charge in [0.1, 0.15) is 0 Å². The summed E-state index contributed by atoms with van der Waals surface area (Å²) >= 11 is 0. The van der Waals surface area contributed by atoms with Crippen LogP contribution in [0.5, 0.6) is 0 Å². The normalized spacial score (nSPS) is 10.1. The zero-order valence-corrected chi connectivity index (χ0v) is 13.1. The minimum Gasteiger partial charge on any atom is -0.399 e. The molecule has 0 spiro atoms. The molecule has 0 saturated heterocycles. The second-order valence-electron chi connectivity index (χ2n) is 5.30. The van der Waals surface area contributed by atoms with Crippen molar-refractivity contribution >= 4 is 23.2 Å². The van der Waals surface area contributed by atoms with Gasteiger partial charge in [-0.05, 0) is 48.4 Å². The molecule has 0 unspecified atom stereocenters. The number of nitrogens with one attached hydrogen (secondary N) is 2. The molecule has 2 rings (SSSR count). The first kappa shape index (κ1) is 16.5. The Morgan fingerprint density at radius 1 is 1.00 bits per heavy atom. The Morgan fingerprint density at radius 3 is 2.26 bits per heavy atom. The molecule has 0 aromatic heterocycles. The Bertz CT molecular complexity index is 664. The molecule has 0 aliphatic rings. The number of carbonyl (C=O) groups excluding carboxylic acids is 2. The number of nitrogen functional groups attached to an aromatic ring is 1. The molecule has 4 N–H and O–H groups in total. The fourth-order valence-electron chi connectivity index (χ4n) is 2.07. The SMILES string of the molecule is CCCNC(=O)c1ccc(NC(=O)Cc2ccc(N)cc2)cc1. The Morgan fingerprint density at radius 2 is 1.65 bits per heavy atom. The topological polar surface area (TPSA) is 84.2 Å². The van der Waals surface area contributed by atoms with Gasteiger partial charge in [-0.15, -0.1) is 0 Å². The van der Waals surface area contributed by atoms with Crippen LogP contribution < -0.4 is 16.4 Å². The van der Waals surface area contributed by atoms with Crippen LogP contribution in [0.4, 0.5) is 11.4 Å². The van der Waals surface area contributed by atoms with Crippen molar-refractivity contribution in [2.45, 2.75) is 19.8 Å². The summed E-state index contributed by atoms with van der Waals surface area (Å²) in [5.41, 5.74) is 8.43. The zero-order valence-electron chi connectivity index (χ0n) is 13.1. The monoisotopic (exact) mass is 311 g/mol. The first-order valence-electron chi connectivity index (χ1n) is 7.61. The number of amides is 2. The van der Waals surface area contributed by atoms with Gasteiger partial charge in [0.25, 0.3) is 5.91 Å². The highest BCUT2D eigenvalue weighted by molar-refractivity contribution is 5.96. The van der Waals surface area contributed by atoms with Crippen molar-refractivity contribution in [1.29, 1.82) is 0 Å². The van der Waals surface area contributed by atoms with E-state index in [1.165, 1.54) is 0 Å². The number of carbonyl (C=O) groups is 2. The summed E-state index contributed by atoms with van der Waals surface area (Å²) < 4.78 is 0. The third kappa shape index (κ3) is 5.14. The molecule has 2 aromatic rings. The first-order chi connectivity index (χ1) is 11.1. The Hall–Kier alpha value is -2.82. The van der Waals surface area contributed by atoms with Gasteiger partial charge < -0.3 is 16.4 Å². The predicted octanol–water partition coefficient (Wildman–Crippen LogP) is 2.59. The molecule has 23 heavy (non-hydrogen) atoms. The van der Waals surface area contributed by atoms with Crippen LogP contribution in [-0.4, -0.2) is 18.4 Å². The highest BCUT2D eigenvalue weighted by Crippen LogP contribution is 2.11. The fourth-order valence-corrected chi connectivity index (χ4v) is 2.07. The lowest BCUT2D eigenvalue weighted by atomic mass is 10.1. The number of hydrogen-bond donors (Lipinski definition) is 3. The molecular weight excluding hydrogens is 290 g/mol. The fraction of sp³-hybridized carbons (Fsp3) is 0.222. The van der Waals surface area contributed by atoms with E-state index in [1.54, 1.807) is 36.4 Å². The molecule has 0 heterocycles. The van der Waals surface area contributed by atoms with E-state index in [2.05, 4.69) is 10.6 Å². The zero-order chi connectivity index (χ0) is 16.7. The minimum atomic E-state index is -0.113. The first-order valence-corrected chi connectivity index (χ1v) is 7.61. The van der Waals surface area contributed by atoms with E-state index >= 15 is 0 Å². The van der Waals surface area contributed by atoms with Gasteiger partial charge in [0.2, 0.25) is 5.91 Å². The number of benzene rings is 2. The molecule has 5 nitrogen and oxygen atoms in total. The Balaban J connectivity index is 1.91. The molecule has 5 heteroatoms. The molecule has 2 aromatic carbocycles. The van der Waals surface area contributed by atoms with Crippen molar-refractivity contribution in [2.75, 3.05) is 17.6 Å². The maximum atomic E-state index is 12.0. The summed E-state index contributed by atoms with van der Waals surface area (Å²) in [5.74, 6) is -0.218. The second kappa shape index (κ2) is 7.98. The van der Waals surface area contributed by atoms with Gasteiger partial charge in [0.15, 0.2) is 0 Å². The predicted molar refractivity (Wildman–Crippen MR) is 92.3 cm³/mol. The van der Waals surface area contributed by atoms with Crippen LogP contribution in [0.2, 0.25) is 0 Å². The molecule has 0 atom stereocenters. The summed E-state index contributed by atoms with van der Waals surface area (Å²) in [6, 6.07) is 14.0.